The van der Waals surface area contributed by atoms with Crippen LogP contribution in [0.15, 0.2) is 0 Å². The lowest BCUT2D eigenvalue weighted by molar-refractivity contribution is 0.149. The number of amides is 2. The summed E-state index contributed by atoms with van der Waals surface area (Å²) in [5.41, 5.74) is 5.63. The molecule has 0 saturated heterocycles. The lowest BCUT2D eigenvalue weighted by Gasteiger charge is -2.36. The minimum Gasteiger partial charge on any atom is -0.335 e. The van der Waals surface area contributed by atoms with Crippen LogP contribution in [0.3, 0.4) is 0 Å². The first-order valence-corrected chi connectivity index (χ1v) is 7.08. The number of nitrogens with two attached hydrogens (primary N) is 1. The van der Waals surface area contributed by atoms with Crippen molar-refractivity contribution >= 4 is 6.03 Å². The SMILES string of the molecule is NCCN(C(=O)NC1CCC1)C1CCCCC1. The van der Waals surface area contributed by atoms with Crippen molar-refractivity contribution in [2.45, 2.75) is 63.5 Å². The van der Waals surface area contributed by atoms with Crippen LogP contribution in [0, 0.1) is 0 Å². The molecule has 0 unspecified atom stereocenters. The van der Waals surface area contributed by atoms with Crippen LogP contribution in [-0.4, -0.2) is 36.1 Å². The van der Waals surface area contributed by atoms with E-state index in [1.807, 2.05) is 4.90 Å². The van der Waals surface area contributed by atoms with Gasteiger partial charge in [-0.15, -0.1) is 0 Å². The Balaban J connectivity index is 1.86. The first-order chi connectivity index (χ1) is 8.31. The quantitative estimate of drug-likeness (QED) is 0.786. The highest BCUT2D eigenvalue weighted by Crippen LogP contribution is 2.23. The summed E-state index contributed by atoms with van der Waals surface area (Å²) < 4.78 is 0. The topological polar surface area (TPSA) is 58.4 Å². The second-order valence-electron chi connectivity index (χ2n) is 5.35. The van der Waals surface area contributed by atoms with Gasteiger partial charge in [0, 0.05) is 25.2 Å². The molecule has 0 heterocycles. The smallest absolute Gasteiger partial charge is 0.317 e. The molecule has 0 atom stereocenters. The lowest BCUT2D eigenvalue weighted by atomic mass is 9.92. The van der Waals surface area contributed by atoms with E-state index in [0.717, 1.165) is 25.7 Å². The van der Waals surface area contributed by atoms with E-state index in [2.05, 4.69) is 5.32 Å². The maximum Gasteiger partial charge on any atom is 0.317 e. The summed E-state index contributed by atoms with van der Waals surface area (Å²) in [6.45, 7) is 1.26. The number of nitrogens with zero attached hydrogens (tertiary/aromatic N) is 1. The molecule has 0 aliphatic heterocycles. The number of rotatable bonds is 4. The van der Waals surface area contributed by atoms with Gasteiger partial charge < -0.3 is 16.0 Å². The maximum absolute atomic E-state index is 12.2. The lowest BCUT2D eigenvalue weighted by Crippen LogP contribution is -2.52. The predicted octanol–water partition coefficient (Wildman–Crippen LogP) is 1.84. The largest absolute Gasteiger partial charge is 0.335 e. The minimum atomic E-state index is 0.118. The number of carbonyl (C=O) groups excluding carboxylic acids is 1. The predicted molar refractivity (Wildman–Crippen MR) is 68.8 cm³/mol. The van der Waals surface area contributed by atoms with Gasteiger partial charge >= 0.3 is 6.03 Å². The average Bonchev–Trinajstić information content (AvgIpc) is 2.31. The zero-order valence-electron chi connectivity index (χ0n) is 10.7. The van der Waals surface area contributed by atoms with Crippen LogP contribution < -0.4 is 11.1 Å². The van der Waals surface area contributed by atoms with Crippen LogP contribution in [0.4, 0.5) is 4.79 Å². The standard InChI is InChI=1S/C13H25N3O/c14-9-10-16(12-7-2-1-3-8-12)13(17)15-11-5-4-6-11/h11-12H,1-10,14H2,(H,15,17). The Labute approximate surface area is 104 Å². The average molecular weight is 239 g/mol. The second-order valence-corrected chi connectivity index (χ2v) is 5.35. The van der Waals surface area contributed by atoms with Crippen molar-refractivity contribution in [3.8, 4) is 0 Å². The Morgan fingerprint density at radius 2 is 1.82 bits per heavy atom. The van der Waals surface area contributed by atoms with Gasteiger partial charge in [0.2, 0.25) is 0 Å². The minimum absolute atomic E-state index is 0.118. The molecule has 0 radical (unpaired) electrons. The monoisotopic (exact) mass is 239 g/mol. The van der Waals surface area contributed by atoms with E-state index in [9.17, 15) is 4.79 Å². The number of urea groups is 1. The molecule has 0 aromatic carbocycles. The van der Waals surface area contributed by atoms with E-state index in [1.54, 1.807) is 0 Å². The summed E-state index contributed by atoms with van der Waals surface area (Å²) in [7, 11) is 0. The molecule has 2 aliphatic carbocycles. The summed E-state index contributed by atoms with van der Waals surface area (Å²) in [5.74, 6) is 0. The van der Waals surface area contributed by atoms with Gasteiger partial charge in [-0.05, 0) is 32.1 Å². The molecule has 17 heavy (non-hydrogen) atoms. The molecule has 0 bridgehead atoms. The summed E-state index contributed by atoms with van der Waals surface area (Å²) in [6.07, 6.45) is 9.67. The molecule has 4 heteroatoms. The summed E-state index contributed by atoms with van der Waals surface area (Å²) >= 11 is 0. The van der Waals surface area contributed by atoms with Crippen LogP contribution in [0.5, 0.6) is 0 Å². The van der Waals surface area contributed by atoms with Gasteiger partial charge in [-0.25, -0.2) is 4.79 Å². The van der Waals surface area contributed by atoms with Crippen molar-refractivity contribution in [1.82, 2.24) is 10.2 Å². The first kappa shape index (κ1) is 12.7. The Morgan fingerprint density at radius 3 is 2.35 bits per heavy atom. The van der Waals surface area contributed by atoms with Crippen LogP contribution in [0.25, 0.3) is 0 Å². The van der Waals surface area contributed by atoms with Crippen molar-refractivity contribution in [2.24, 2.45) is 5.73 Å². The van der Waals surface area contributed by atoms with Crippen molar-refractivity contribution < 1.29 is 4.79 Å². The summed E-state index contributed by atoms with van der Waals surface area (Å²) in [6, 6.07) is 0.964. The Kier molecular flexibility index (Phi) is 4.66. The molecule has 0 aromatic heterocycles. The van der Waals surface area contributed by atoms with Crippen LogP contribution in [0.2, 0.25) is 0 Å². The number of nitrogens with one attached hydrogen (secondary N) is 1. The van der Waals surface area contributed by atoms with E-state index in [4.69, 9.17) is 5.73 Å². The number of carbonyl (C=O) groups is 1. The van der Waals surface area contributed by atoms with Crippen LogP contribution >= 0.6 is 0 Å². The van der Waals surface area contributed by atoms with Crippen molar-refractivity contribution in [1.29, 1.82) is 0 Å². The molecule has 2 amide bonds. The highest BCUT2D eigenvalue weighted by atomic mass is 16.2. The van der Waals surface area contributed by atoms with E-state index in [0.29, 0.717) is 25.2 Å². The Hall–Kier alpha value is -0.770. The fourth-order valence-corrected chi connectivity index (χ4v) is 2.79. The van der Waals surface area contributed by atoms with Crippen molar-refractivity contribution in [2.75, 3.05) is 13.1 Å². The van der Waals surface area contributed by atoms with Gasteiger partial charge in [-0.1, -0.05) is 19.3 Å². The Morgan fingerprint density at radius 1 is 1.12 bits per heavy atom. The molecule has 0 spiro atoms. The van der Waals surface area contributed by atoms with Gasteiger partial charge in [-0.2, -0.15) is 0 Å². The Bertz CT molecular complexity index is 247. The third kappa shape index (κ3) is 3.35. The fraction of sp³-hybridized carbons (Fsp3) is 0.923. The molecule has 2 aliphatic rings. The summed E-state index contributed by atoms with van der Waals surface area (Å²) in [4.78, 5) is 14.2. The van der Waals surface area contributed by atoms with E-state index in [1.165, 1.54) is 25.7 Å². The van der Waals surface area contributed by atoms with Gasteiger partial charge in [-0.3, -0.25) is 0 Å². The molecule has 2 fully saturated rings. The van der Waals surface area contributed by atoms with E-state index >= 15 is 0 Å². The van der Waals surface area contributed by atoms with Crippen molar-refractivity contribution in [3.05, 3.63) is 0 Å². The maximum atomic E-state index is 12.2. The van der Waals surface area contributed by atoms with Gasteiger partial charge in [0.05, 0.1) is 0 Å². The molecule has 4 nitrogen and oxygen atoms in total. The molecular weight excluding hydrogens is 214 g/mol. The second kappa shape index (κ2) is 6.24. The first-order valence-electron chi connectivity index (χ1n) is 7.08. The molecule has 2 saturated carbocycles. The normalized spacial score (nSPS) is 21.9. The zero-order valence-corrected chi connectivity index (χ0v) is 10.7. The fourth-order valence-electron chi connectivity index (χ4n) is 2.79. The molecule has 98 valence electrons. The number of hydrogen-bond acceptors (Lipinski definition) is 2. The summed E-state index contributed by atoms with van der Waals surface area (Å²) in [5, 5.41) is 3.13. The van der Waals surface area contributed by atoms with Gasteiger partial charge in [0.15, 0.2) is 0 Å². The highest BCUT2D eigenvalue weighted by Gasteiger charge is 2.27. The molecule has 3 N–H and O–H groups in total. The third-order valence-corrected chi connectivity index (χ3v) is 4.08. The van der Waals surface area contributed by atoms with Gasteiger partial charge in [0.25, 0.3) is 0 Å². The molecule has 0 aromatic rings. The molecule has 2 rings (SSSR count). The van der Waals surface area contributed by atoms with Crippen LogP contribution in [-0.2, 0) is 0 Å². The van der Waals surface area contributed by atoms with E-state index < -0.39 is 0 Å². The van der Waals surface area contributed by atoms with Gasteiger partial charge in [0.1, 0.15) is 0 Å². The third-order valence-electron chi connectivity index (χ3n) is 4.08. The molecular formula is C13H25N3O. The zero-order chi connectivity index (χ0) is 12.1. The van der Waals surface area contributed by atoms with Crippen LogP contribution in [0.1, 0.15) is 51.4 Å². The number of hydrogen-bond donors (Lipinski definition) is 2. The van der Waals surface area contributed by atoms with E-state index in [-0.39, 0.29) is 6.03 Å². The highest BCUT2D eigenvalue weighted by molar-refractivity contribution is 5.75. The van der Waals surface area contributed by atoms with Crippen molar-refractivity contribution in [3.63, 3.8) is 0 Å².